The van der Waals surface area contributed by atoms with E-state index < -0.39 is 36.0 Å². The molecule has 0 spiro atoms. The van der Waals surface area contributed by atoms with Crippen molar-refractivity contribution >= 4 is 23.9 Å². The highest BCUT2D eigenvalue weighted by molar-refractivity contribution is 5.92. The van der Waals surface area contributed by atoms with Gasteiger partial charge in [0.05, 0.1) is 7.11 Å². The Morgan fingerprint density at radius 1 is 0.909 bits per heavy atom. The van der Waals surface area contributed by atoms with Crippen LogP contribution in [0.15, 0.2) is 60.7 Å². The Morgan fingerprint density at radius 2 is 1.48 bits per heavy atom. The lowest BCUT2D eigenvalue weighted by Crippen LogP contribution is -2.54. The Hall–Kier alpha value is -3.88. The molecule has 33 heavy (non-hydrogen) atoms. The first-order valence-electron chi connectivity index (χ1n) is 10.4. The van der Waals surface area contributed by atoms with Gasteiger partial charge in [-0.2, -0.15) is 0 Å². The summed E-state index contributed by atoms with van der Waals surface area (Å²) in [4.78, 5) is 50.5. The van der Waals surface area contributed by atoms with E-state index in [0.717, 1.165) is 11.1 Å². The molecular formula is C24H29N3O6. The predicted octanol–water partition coefficient (Wildman–Crippen LogP) is 1.66. The number of carbonyl (C=O) groups excluding carboxylic acids is 4. The first kappa shape index (κ1) is 25.4. The van der Waals surface area contributed by atoms with Gasteiger partial charge in [0, 0.05) is 13.5 Å². The molecule has 0 heterocycles. The topological polar surface area (TPSA) is 114 Å². The van der Waals surface area contributed by atoms with Crippen molar-refractivity contribution in [2.24, 2.45) is 0 Å². The van der Waals surface area contributed by atoms with Gasteiger partial charge in [-0.1, -0.05) is 60.7 Å². The molecule has 0 aliphatic heterocycles. The van der Waals surface area contributed by atoms with E-state index in [1.807, 2.05) is 60.7 Å². The number of rotatable bonds is 10. The molecule has 9 nitrogen and oxygen atoms in total. The number of ether oxygens (including phenoxy) is 2. The van der Waals surface area contributed by atoms with Crippen LogP contribution < -0.4 is 10.6 Å². The quantitative estimate of drug-likeness (QED) is 0.527. The van der Waals surface area contributed by atoms with Crippen LogP contribution >= 0.6 is 0 Å². The summed E-state index contributed by atoms with van der Waals surface area (Å²) in [6, 6.07) is 16.4. The van der Waals surface area contributed by atoms with Gasteiger partial charge in [-0.05, 0) is 18.1 Å². The second-order valence-corrected chi connectivity index (χ2v) is 7.45. The number of amides is 3. The van der Waals surface area contributed by atoms with E-state index in [4.69, 9.17) is 4.74 Å². The van der Waals surface area contributed by atoms with E-state index in [9.17, 15) is 19.2 Å². The van der Waals surface area contributed by atoms with E-state index in [2.05, 4.69) is 15.4 Å². The largest absolute Gasteiger partial charge is 0.468 e. The second kappa shape index (κ2) is 12.8. The van der Waals surface area contributed by atoms with E-state index in [-0.39, 0.29) is 19.6 Å². The van der Waals surface area contributed by atoms with Crippen LogP contribution in [-0.2, 0) is 36.9 Å². The van der Waals surface area contributed by atoms with Gasteiger partial charge in [0.1, 0.15) is 25.2 Å². The Kier molecular flexibility index (Phi) is 9.88. The van der Waals surface area contributed by atoms with Gasteiger partial charge in [0.2, 0.25) is 11.8 Å². The lowest BCUT2D eigenvalue weighted by Gasteiger charge is -2.25. The average Bonchev–Trinajstić information content (AvgIpc) is 2.82. The number of alkyl carbamates (subject to hydrolysis) is 1. The summed E-state index contributed by atoms with van der Waals surface area (Å²) < 4.78 is 9.74. The Labute approximate surface area is 193 Å². The number of hydrogen-bond donors (Lipinski definition) is 2. The fraction of sp³-hybridized carbons (Fsp3) is 0.333. The molecule has 2 rings (SSSR count). The van der Waals surface area contributed by atoms with Crippen LogP contribution in [-0.4, -0.2) is 61.6 Å². The number of nitrogens with zero attached hydrogens (tertiary/aromatic N) is 1. The minimum Gasteiger partial charge on any atom is -0.468 e. The van der Waals surface area contributed by atoms with E-state index in [0.29, 0.717) is 0 Å². The summed E-state index contributed by atoms with van der Waals surface area (Å²) >= 11 is 0. The van der Waals surface area contributed by atoms with Crippen LogP contribution in [0, 0.1) is 0 Å². The molecule has 0 bridgehead atoms. The Morgan fingerprint density at radius 3 is 2.06 bits per heavy atom. The molecule has 0 saturated heterocycles. The molecular weight excluding hydrogens is 426 g/mol. The number of likely N-dealkylation sites (N-methyl/N-ethyl adjacent to an activating group) is 1. The summed E-state index contributed by atoms with van der Waals surface area (Å²) in [6.45, 7) is 1.30. The number of carbonyl (C=O) groups is 4. The maximum absolute atomic E-state index is 12.9. The van der Waals surface area contributed by atoms with Crippen LogP contribution in [0.4, 0.5) is 4.79 Å². The van der Waals surface area contributed by atoms with Crippen molar-refractivity contribution in [1.82, 2.24) is 15.5 Å². The van der Waals surface area contributed by atoms with Crippen molar-refractivity contribution < 1.29 is 28.7 Å². The summed E-state index contributed by atoms with van der Waals surface area (Å²) in [5.41, 5.74) is 1.64. The molecule has 176 valence electrons. The molecule has 9 heteroatoms. The van der Waals surface area contributed by atoms with Crippen molar-refractivity contribution in [2.75, 3.05) is 20.7 Å². The zero-order valence-electron chi connectivity index (χ0n) is 18.9. The summed E-state index contributed by atoms with van der Waals surface area (Å²) in [7, 11) is 2.68. The summed E-state index contributed by atoms with van der Waals surface area (Å²) in [5, 5.41) is 5.12. The van der Waals surface area contributed by atoms with Gasteiger partial charge >= 0.3 is 12.1 Å². The van der Waals surface area contributed by atoms with Crippen LogP contribution in [0.5, 0.6) is 0 Å². The van der Waals surface area contributed by atoms with Crippen molar-refractivity contribution in [1.29, 1.82) is 0 Å². The molecule has 2 aromatic rings. The molecule has 0 unspecified atom stereocenters. The van der Waals surface area contributed by atoms with E-state index >= 15 is 0 Å². The van der Waals surface area contributed by atoms with Crippen molar-refractivity contribution in [3.63, 3.8) is 0 Å². The number of esters is 1. The van der Waals surface area contributed by atoms with Crippen LogP contribution in [0.3, 0.4) is 0 Å². The first-order valence-corrected chi connectivity index (χ1v) is 10.4. The van der Waals surface area contributed by atoms with Gasteiger partial charge in [0.15, 0.2) is 0 Å². The second-order valence-electron chi connectivity index (χ2n) is 7.45. The number of benzene rings is 2. The summed E-state index contributed by atoms with van der Waals surface area (Å²) in [6.07, 6.45) is -0.544. The van der Waals surface area contributed by atoms with Crippen LogP contribution in [0.25, 0.3) is 0 Å². The zero-order chi connectivity index (χ0) is 24.2. The Bertz CT molecular complexity index is 936. The minimum atomic E-state index is -0.953. The van der Waals surface area contributed by atoms with Crippen molar-refractivity contribution in [3.8, 4) is 0 Å². The first-order chi connectivity index (χ1) is 15.8. The fourth-order valence-corrected chi connectivity index (χ4v) is 2.96. The van der Waals surface area contributed by atoms with Crippen LogP contribution in [0.2, 0.25) is 0 Å². The third-order valence-electron chi connectivity index (χ3n) is 4.81. The Balaban J connectivity index is 1.99. The van der Waals surface area contributed by atoms with E-state index in [1.54, 1.807) is 0 Å². The SMILES string of the molecule is COC(=O)CN(C)C(=O)[C@H](Cc1ccccc1)NC(=O)[C@H](C)NC(=O)OCc1ccccc1. The smallest absolute Gasteiger partial charge is 0.408 e. The molecule has 2 atom stereocenters. The normalized spacial score (nSPS) is 12.1. The van der Waals surface area contributed by atoms with Gasteiger partial charge in [-0.15, -0.1) is 0 Å². The maximum atomic E-state index is 12.9. The average molecular weight is 456 g/mol. The zero-order valence-corrected chi connectivity index (χ0v) is 18.9. The highest BCUT2D eigenvalue weighted by Crippen LogP contribution is 2.07. The van der Waals surface area contributed by atoms with Crippen molar-refractivity contribution in [3.05, 3.63) is 71.8 Å². The van der Waals surface area contributed by atoms with Gasteiger partial charge in [-0.25, -0.2) is 4.79 Å². The maximum Gasteiger partial charge on any atom is 0.408 e. The van der Waals surface area contributed by atoms with Gasteiger partial charge < -0.3 is 25.0 Å². The lowest BCUT2D eigenvalue weighted by atomic mass is 10.0. The van der Waals surface area contributed by atoms with Gasteiger partial charge in [0.25, 0.3) is 0 Å². The van der Waals surface area contributed by atoms with Crippen LogP contribution in [0.1, 0.15) is 18.1 Å². The summed E-state index contributed by atoms with van der Waals surface area (Å²) in [5.74, 6) is -1.60. The number of methoxy groups -OCH3 is 1. The number of nitrogens with one attached hydrogen (secondary N) is 2. The van der Waals surface area contributed by atoms with Crippen molar-refractivity contribution in [2.45, 2.75) is 32.0 Å². The molecule has 3 amide bonds. The molecule has 0 aromatic heterocycles. The minimum absolute atomic E-state index is 0.0639. The highest BCUT2D eigenvalue weighted by Gasteiger charge is 2.28. The molecule has 0 aliphatic rings. The monoisotopic (exact) mass is 455 g/mol. The fourth-order valence-electron chi connectivity index (χ4n) is 2.96. The standard InChI is InChI=1S/C24H29N3O6/c1-17(25-24(31)33-16-19-12-8-5-9-13-19)22(29)26-20(14-18-10-6-4-7-11-18)23(30)27(2)15-21(28)32-3/h4-13,17,20H,14-16H2,1-3H3,(H,25,31)(H,26,29)/t17-,20-/m0/s1. The molecule has 0 aliphatic carbocycles. The predicted molar refractivity (Wildman–Crippen MR) is 121 cm³/mol. The third kappa shape index (κ3) is 8.64. The van der Waals surface area contributed by atoms with E-state index in [1.165, 1.54) is 26.0 Å². The number of hydrogen-bond acceptors (Lipinski definition) is 6. The van der Waals surface area contributed by atoms with Gasteiger partial charge in [-0.3, -0.25) is 14.4 Å². The third-order valence-corrected chi connectivity index (χ3v) is 4.81. The molecule has 2 N–H and O–H groups in total. The molecule has 2 aromatic carbocycles. The highest BCUT2D eigenvalue weighted by atomic mass is 16.5. The lowest BCUT2D eigenvalue weighted by molar-refractivity contribution is -0.147. The molecule has 0 radical (unpaired) electrons. The molecule has 0 saturated carbocycles. The molecule has 0 fully saturated rings.